The molecule has 4 N–H and O–H groups in total. The van der Waals surface area contributed by atoms with Gasteiger partial charge in [-0.3, -0.25) is 9.35 Å². The van der Waals surface area contributed by atoms with Crippen LogP contribution in [0.3, 0.4) is 0 Å². The van der Waals surface area contributed by atoms with Crippen molar-refractivity contribution in [2.75, 3.05) is 0 Å². The summed E-state index contributed by atoms with van der Waals surface area (Å²) < 4.78 is 34.7. The molecule has 0 saturated carbocycles. The highest BCUT2D eigenvalue weighted by molar-refractivity contribution is 7.85. The number of aromatic amines is 1. The Morgan fingerprint density at radius 2 is 1.83 bits per heavy atom. The van der Waals surface area contributed by atoms with Gasteiger partial charge in [-0.05, 0) is 24.6 Å². The van der Waals surface area contributed by atoms with E-state index in [1.807, 2.05) is 37.3 Å². The molecule has 0 spiro atoms. The predicted octanol–water partition coefficient (Wildman–Crippen LogP) is 2.26. The molecular weight excluding hydrogens is 394 g/mol. The topological polar surface area (TPSA) is 135 Å². The van der Waals surface area contributed by atoms with Crippen molar-refractivity contribution in [3.63, 3.8) is 0 Å². The van der Waals surface area contributed by atoms with Crippen molar-refractivity contribution in [1.29, 1.82) is 0 Å². The minimum absolute atomic E-state index is 0.0666. The molecule has 3 rings (SSSR count). The van der Waals surface area contributed by atoms with E-state index in [0.29, 0.717) is 6.42 Å². The summed E-state index contributed by atoms with van der Waals surface area (Å²) in [6.45, 7) is 2.09. The van der Waals surface area contributed by atoms with Gasteiger partial charge in [0.2, 0.25) is 0 Å². The SMILES string of the molecule is Cc1ccc(S(=O)(=O)O)cc1.N[C@@H](Cc1cnc[nH]1)C(=O)OCc1ccccc1. The van der Waals surface area contributed by atoms with Gasteiger partial charge in [-0.25, -0.2) is 4.98 Å². The third-order valence-electron chi connectivity index (χ3n) is 3.84. The molecule has 9 heteroatoms. The van der Waals surface area contributed by atoms with E-state index in [9.17, 15) is 13.2 Å². The quantitative estimate of drug-likeness (QED) is 0.413. The van der Waals surface area contributed by atoms with E-state index >= 15 is 0 Å². The first kappa shape index (κ1) is 22.3. The monoisotopic (exact) mass is 417 g/mol. The number of rotatable bonds is 6. The first-order chi connectivity index (χ1) is 13.8. The van der Waals surface area contributed by atoms with Crippen LogP contribution in [0.5, 0.6) is 0 Å². The maximum Gasteiger partial charge on any atom is 0.323 e. The number of hydrogen-bond acceptors (Lipinski definition) is 6. The number of ether oxygens (including phenoxy) is 1. The molecule has 29 heavy (non-hydrogen) atoms. The van der Waals surface area contributed by atoms with E-state index in [2.05, 4.69) is 9.97 Å². The van der Waals surface area contributed by atoms with Crippen molar-refractivity contribution >= 4 is 16.1 Å². The summed E-state index contributed by atoms with van der Waals surface area (Å²) in [4.78, 5) is 18.4. The standard InChI is InChI=1S/C13H15N3O2.C7H8O3S/c14-12(6-11-7-15-9-16-11)13(17)18-8-10-4-2-1-3-5-10;1-6-2-4-7(5-3-6)11(8,9)10/h1-5,7,9,12H,6,8,14H2,(H,15,16);2-5H,1H3,(H,8,9,10)/t12-;/m0./s1. The van der Waals surface area contributed by atoms with Gasteiger partial charge in [0.1, 0.15) is 12.6 Å². The number of nitrogens with zero attached hydrogens (tertiary/aromatic N) is 1. The van der Waals surface area contributed by atoms with Crippen LogP contribution >= 0.6 is 0 Å². The van der Waals surface area contributed by atoms with Gasteiger partial charge in [0, 0.05) is 18.3 Å². The summed E-state index contributed by atoms with van der Waals surface area (Å²) in [5, 5.41) is 0. The van der Waals surface area contributed by atoms with Crippen LogP contribution in [0.4, 0.5) is 0 Å². The number of carbonyl (C=O) groups excluding carboxylic acids is 1. The zero-order valence-corrected chi connectivity index (χ0v) is 16.7. The second-order valence-electron chi connectivity index (χ2n) is 6.27. The molecule has 0 aliphatic carbocycles. The van der Waals surface area contributed by atoms with Gasteiger partial charge in [0.25, 0.3) is 10.1 Å². The van der Waals surface area contributed by atoms with Crippen LogP contribution in [0.1, 0.15) is 16.8 Å². The Kier molecular flexibility index (Phi) is 8.08. The highest BCUT2D eigenvalue weighted by Gasteiger charge is 2.16. The lowest BCUT2D eigenvalue weighted by Crippen LogP contribution is -2.34. The summed E-state index contributed by atoms with van der Waals surface area (Å²) in [6, 6.07) is 14.8. The minimum Gasteiger partial charge on any atom is -0.460 e. The summed E-state index contributed by atoms with van der Waals surface area (Å²) in [5.74, 6) is -0.409. The molecule has 0 unspecified atom stereocenters. The molecule has 1 heterocycles. The molecule has 0 radical (unpaired) electrons. The average Bonchev–Trinajstić information content (AvgIpc) is 3.20. The average molecular weight is 417 g/mol. The maximum absolute atomic E-state index is 11.7. The van der Waals surface area contributed by atoms with Gasteiger partial charge in [-0.15, -0.1) is 0 Å². The maximum atomic E-state index is 11.7. The van der Waals surface area contributed by atoms with Crippen molar-refractivity contribution in [2.24, 2.45) is 5.73 Å². The molecule has 154 valence electrons. The first-order valence-corrected chi connectivity index (χ1v) is 10.2. The largest absolute Gasteiger partial charge is 0.460 e. The Labute approximate surface area is 169 Å². The van der Waals surface area contributed by atoms with Gasteiger partial charge in [-0.1, -0.05) is 48.0 Å². The van der Waals surface area contributed by atoms with Crippen LogP contribution < -0.4 is 5.73 Å². The summed E-state index contributed by atoms with van der Waals surface area (Å²) in [7, 11) is -4.02. The number of esters is 1. The van der Waals surface area contributed by atoms with Gasteiger partial charge in [0.15, 0.2) is 0 Å². The van der Waals surface area contributed by atoms with E-state index in [-0.39, 0.29) is 11.5 Å². The van der Waals surface area contributed by atoms with E-state index in [0.717, 1.165) is 16.8 Å². The lowest BCUT2D eigenvalue weighted by Gasteiger charge is -2.10. The van der Waals surface area contributed by atoms with Crippen molar-refractivity contribution < 1.29 is 22.5 Å². The summed E-state index contributed by atoms with van der Waals surface area (Å²) in [6.07, 6.45) is 3.59. The van der Waals surface area contributed by atoms with E-state index in [4.69, 9.17) is 15.0 Å². The number of aromatic nitrogens is 2. The number of nitrogens with one attached hydrogen (secondary N) is 1. The first-order valence-electron chi connectivity index (χ1n) is 8.73. The fourth-order valence-electron chi connectivity index (χ4n) is 2.26. The summed E-state index contributed by atoms with van der Waals surface area (Å²) >= 11 is 0. The molecule has 2 aromatic carbocycles. The van der Waals surface area contributed by atoms with Crippen molar-refractivity contribution in [3.8, 4) is 0 Å². The van der Waals surface area contributed by atoms with Crippen LogP contribution in [-0.4, -0.2) is 34.9 Å². The highest BCUT2D eigenvalue weighted by Crippen LogP contribution is 2.08. The predicted molar refractivity (Wildman–Crippen MR) is 107 cm³/mol. The molecular formula is C20H23N3O5S. The van der Waals surface area contributed by atoms with Crippen LogP contribution in [0.15, 0.2) is 72.0 Å². The highest BCUT2D eigenvalue weighted by atomic mass is 32.2. The van der Waals surface area contributed by atoms with Crippen LogP contribution in [-0.2, 0) is 32.7 Å². The number of imidazole rings is 1. The number of aryl methyl sites for hydroxylation is 1. The zero-order valence-electron chi connectivity index (χ0n) is 15.9. The second kappa shape index (κ2) is 10.5. The number of benzene rings is 2. The Morgan fingerprint density at radius 1 is 1.17 bits per heavy atom. The fourth-order valence-corrected chi connectivity index (χ4v) is 2.74. The van der Waals surface area contributed by atoms with Crippen LogP contribution in [0, 0.1) is 6.92 Å². The lowest BCUT2D eigenvalue weighted by molar-refractivity contribution is -0.146. The smallest absolute Gasteiger partial charge is 0.323 e. The molecule has 1 atom stereocenters. The van der Waals surface area contributed by atoms with Gasteiger partial charge in [0.05, 0.1) is 11.2 Å². The van der Waals surface area contributed by atoms with Gasteiger partial charge in [-0.2, -0.15) is 8.42 Å². The third kappa shape index (κ3) is 7.86. The second-order valence-corrected chi connectivity index (χ2v) is 7.69. The lowest BCUT2D eigenvalue weighted by atomic mass is 10.2. The number of nitrogens with two attached hydrogens (primary N) is 1. The fraction of sp³-hybridized carbons (Fsp3) is 0.200. The van der Waals surface area contributed by atoms with Crippen molar-refractivity contribution in [2.45, 2.75) is 30.9 Å². The molecule has 0 bridgehead atoms. The Hall–Kier alpha value is -3.01. The van der Waals surface area contributed by atoms with Crippen LogP contribution in [0.2, 0.25) is 0 Å². The molecule has 3 aromatic rings. The third-order valence-corrected chi connectivity index (χ3v) is 4.71. The molecule has 0 saturated heterocycles. The number of hydrogen-bond donors (Lipinski definition) is 3. The van der Waals surface area contributed by atoms with Crippen LogP contribution in [0.25, 0.3) is 0 Å². The molecule has 0 aliphatic heterocycles. The van der Waals surface area contributed by atoms with Crippen molar-refractivity contribution in [1.82, 2.24) is 9.97 Å². The molecule has 0 amide bonds. The molecule has 1 aromatic heterocycles. The Morgan fingerprint density at radius 3 is 2.38 bits per heavy atom. The van der Waals surface area contributed by atoms with Gasteiger partial charge < -0.3 is 15.5 Å². The molecule has 0 fully saturated rings. The molecule has 8 nitrogen and oxygen atoms in total. The van der Waals surface area contributed by atoms with E-state index < -0.39 is 22.1 Å². The van der Waals surface area contributed by atoms with E-state index in [1.54, 1.807) is 24.7 Å². The Balaban J connectivity index is 0.000000234. The number of carbonyl (C=O) groups is 1. The normalized spacial score (nSPS) is 11.8. The summed E-state index contributed by atoms with van der Waals surface area (Å²) in [5.41, 5.74) is 8.47. The van der Waals surface area contributed by atoms with E-state index in [1.165, 1.54) is 12.1 Å². The molecule has 0 aliphatic rings. The minimum atomic E-state index is -4.02. The van der Waals surface area contributed by atoms with Gasteiger partial charge >= 0.3 is 5.97 Å². The van der Waals surface area contributed by atoms with Crippen molar-refractivity contribution in [3.05, 3.63) is 83.9 Å². The number of H-pyrrole nitrogens is 1. The zero-order chi connectivity index (χ0) is 21.3. The Bertz CT molecular complexity index is 988.